The van der Waals surface area contributed by atoms with E-state index < -0.39 is 0 Å². The summed E-state index contributed by atoms with van der Waals surface area (Å²) < 4.78 is 5.44. The van der Waals surface area contributed by atoms with Crippen molar-refractivity contribution in [3.05, 3.63) is 29.8 Å². The van der Waals surface area contributed by atoms with Crippen LogP contribution in [0.1, 0.15) is 19.4 Å². The lowest BCUT2D eigenvalue weighted by molar-refractivity contribution is 0.122. The molecular weight excluding hydrogens is 403 g/mol. The van der Waals surface area contributed by atoms with Crippen LogP contribution in [0.5, 0.6) is 0 Å². The first-order valence-corrected chi connectivity index (χ1v) is 8.06. The molecule has 0 spiro atoms. The van der Waals surface area contributed by atoms with Crippen LogP contribution in [-0.2, 0) is 11.3 Å². The lowest BCUT2D eigenvalue weighted by Gasteiger charge is -2.30. The van der Waals surface area contributed by atoms with Crippen LogP contribution in [0.4, 0.5) is 5.69 Å². The van der Waals surface area contributed by atoms with Gasteiger partial charge >= 0.3 is 0 Å². The predicted octanol–water partition coefficient (Wildman–Crippen LogP) is 2.46. The Morgan fingerprint density at radius 2 is 1.91 bits per heavy atom. The number of hydrogen-bond donors (Lipinski definition) is 2. The van der Waals surface area contributed by atoms with Gasteiger partial charge in [-0.05, 0) is 17.5 Å². The summed E-state index contributed by atoms with van der Waals surface area (Å²) in [5, 5.41) is 6.74. The average Bonchev–Trinajstić information content (AvgIpc) is 2.56. The molecule has 1 heterocycles. The Balaban J connectivity index is 0.00000264. The van der Waals surface area contributed by atoms with Gasteiger partial charge in [-0.2, -0.15) is 0 Å². The van der Waals surface area contributed by atoms with Gasteiger partial charge in [0.2, 0.25) is 0 Å². The van der Waals surface area contributed by atoms with Crippen LogP contribution in [-0.4, -0.2) is 45.9 Å². The zero-order chi connectivity index (χ0) is 15.8. The molecule has 5 nitrogen and oxygen atoms in total. The highest BCUT2D eigenvalue weighted by molar-refractivity contribution is 14.0. The molecule has 0 unspecified atom stereocenters. The molecule has 0 atom stereocenters. The van der Waals surface area contributed by atoms with Gasteiger partial charge in [-0.3, -0.25) is 4.99 Å². The molecule has 1 saturated heterocycles. The normalized spacial score (nSPS) is 15.3. The highest BCUT2D eigenvalue weighted by atomic mass is 127. The zero-order valence-corrected chi connectivity index (χ0v) is 16.7. The number of aliphatic imine (C=N–C) groups is 1. The Hall–Kier alpha value is -1.02. The second-order valence-corrected chi connectivity index (χ2v) is 5.93. The van der Waals surface area contributed by atoms with Crippen LogP contribution in [0.25, 0.3) is 0 Å². The molecule has 1 aromatic rings. The van der Waals surface area contributed by atoms with E-state index in [1.165, 1.54) is 11.3 Å². The number of anilines is 1. The molecule has 2 N–H and O–H groups in total. The number of morpholine rings is 1. The molecule has 0 aromatic heterocycles. The third-order valence-corrected chi connectivity index (χ3v) is 3.69. The molecule has 0 amide bonds. The maximum atomic E-state index is 5.44. The molecule has 6 heteroatoms. The first-order valence-electron chi connectivity index (χ1n) is 8.06. The van der Waals surface area contributed by atoms with Crippen molar-refractivity contribution in [1.29, 1.82) is 0 Å². The SMILES string of the molecule is CN=C(NCc1ccccc1N1CCOCC1)NCC(C)C.I. The van der Waals surface area contributed by atoms with Crippen LogP contribution in [0.2, 0.25) is 0 Å². The fourth-order valence-electron chi connectivity index (χ4n) is 2.47. The van der Waals surface area contributed by atoms with E-state index in [0.29, 0.717) is 5.92 Å². The Labute approximate surface area is 156 Å². The van der Waals surface area contributed by atoms with Crippen LogP contribution in [0.15, 0.2) is 29.3 Å². The van der Waals surface area contributed by atoms with E-state index in [-0.39, 0.29) is 24.0 Å². The van der Waals surface area contributed by atoms with Gasteiger partial charge in [0.15, 0.2) is 5.96 Å². The number of halogens is 1. The monoisotopic (exact) mass is 432 g/mol. The molecule has 1 aromatic carbocycles. The summed E-state index contributed by atoms with van der Waals surface area (Å²) in [6.45, 7) is 9.59. The minimum atomic E-state index is 0. The summed E-state index contributed by atoms with van der Waals surface area (Å²) in [6.07, 6.45) is 0. The summed E-state index contributed by atoms with van der Waals surface area (Å²) in [5.74, 6) is 1.45. The molecule has 0 radical (unpaired) electrons. The molecule has 23 heavy (non-hydrogen) atoms. The van der Waals surface area contributed by atoms with E-state index in [1.54, 1.807) is 0 Å². The van der Waals surface area contributed by atoms with Crippen molar-refractivity contribution >= 4 is 35.6 Å². The Morgan fingerprint density at radius 3 is 2.57 bits per heavy atom. The number of ether oxygens (including phenoxy) is 1. The molecule has 1 aliphatic heterocycles. The maximum absolute atomic E-state index is 5.44. The Kier molecular flexibility index (Phi) is 9.31. The van der Waals surface area contributed by atoms with E-state index in [2.05, 4.69) is 58.6 Å². The van der Waals surface area contributed by atoms with Crippen LogP contribution < -0.4 is 15.5 Å². The minimum absolute atomic E-state index is 0. The number of rotatable bonds is 5. The summed E-state index contributed by atoms with van der Waals surface area (Å²) in [4.78, 5) is 6.67. The second kappa shape index (κ2) is 10.7. The summed E-state index contributed by atoms with van der Waals surface area (Å²) in [6, 6.07) is 8.55. The molecular formula is C17H29IN4O. The third kappa shape index (κ3) is 6.55. The van der Waals surface area contributed by atoms with Gasteiger partial charge in [-0.1, -0.05) is 32.0 Å². The standard InChI is InChI=1S/C17H28N4O.HI/c1-14(2)12-19-17(18-3)20-13-15-6-4-5-7-16(15)21-8-10-22-11-9-21;/h4-7,14H,8-13H2,1-3H3,(H2,18,19,20);1H. The van der Waals surface area contributed by atoms with Crippen LogP contribution in [0.3, 0.4) is 0 Å². The van der Waals surface area contributed by atoms with Gasteiger partial charge in [-0.25, -0.2) is 0 Å². The van der Waals surface area contributed by atoms with Gasteiger partial charge in [-0.15, -0.1) is 24.0 Å². The van der Waals surface area contributed by atoms with Crippen LogP contribution in [0, 0.1) is 5.92 Å². The molecule has 0 saturated carbocycles. The quantitative estimate of drug-likeness (QED) is 0.427. The number of nitrogens with one attached hydrogen (secondary N) is 2. The summed E-state index contributed by atoms with van der Waals surface area (Å²) >= 11 is 0. The molecule has 0 bridgehead atoms. The van der Waals surface area contributed by atoms with Crippen molar-refractivity contribution < 1.29 is 4.74 Å². The van der Waals surface area contributed by atoms with E-state index in [4.69, 9.17) is 4.74 Å². The van der Waals surface area contributed by atoms with Gasteiger partial charge in [0.25, 0.3) is 0 Å². The van der Waals surface area contributed by atoms with Gasteiger partial charge in [0, 0.05) is 38.9 Å². The lowest BCUT2D eigenvalue weighted by Crippen LogP contribution is -2.40. The number of hydrogen-bond acceptors (Lipinski definition) is 3. The largest absolute Gasteiger partial charge is 0.378 e. The topological polar surface area (TPSA) is 48.9 Å². The highest BCUT2D eigenvalue weighted by Gasteiger charge is 2.14. The Morgan fingerprint density at radius 1 is 1.22 bits per heavy atom. The lowest BCUT2D eigenvalue weighted by atomic mass is 10.1. The van der Waals surface area contributed by atoms with Gasteiger partial charge < -0.3 is 20.3 Å². The van der Waals surface area contributed by atoms with Crippen molar-refractivity contribution in [3.8, 4) is 0 Å². The van der Waals surface area contributed by atoms with Crippen LogP contribution >= 0.6 is 24.0 Å². The van der Waals surface area contributed by atoms with Crippen molar-refractivity contribution in [2.24, 2.45) is 10.9 Å². The third-order valence-electron chi connectivity index (χ3n) is 3.69. The van der Waals surface area contributed by atoms with E-state index in [0.717, 1.165) is 45.4 Å². The van der Waals surface area contributed by atoms with Crippen molar-refractivity contribution in [3.63, 3.8) is 0 Å². The van der Waals surface area contributed by atoms with Gasteiger partial charge in [0.1, 0.15) is 0 Å². The molecule has 0 aliphatic carbocycles. The van der Waals surface area contributed by atoms with Crippen molar-refractivity contribution in [2.45, 2.75) is 20.4 Å². The summed E-state index contributed by atoms with van der Waals surface area (Å²) in [7, 11) is 1.81. The van der Waals surface area contributed by atoms with E-state index in [1.807, 2.05) is 7.05 Å². The fraction of sp³-hybridized carbons (Fsp3) is 0.588. The maximum Gasteiger partial charge on any atom is 0.191 e. The molecule has 130 valence electrons. The smallest absolute Gasteiger partial charge is 0.191 e. The molecule has 1 fully saturated rings. The average molecular weight is 432 g/mol. The summed E-state index contributed by atoms with van der Waals surface area (Å²) in [5.41, 5.74) is 2.58. The number of para-hydroxylation sites is 1. The predicted molar refractivity (Wildman–Crippen MR) is 108 cm³/mol. The minimum Gasteiger partial charge on any atom is -0.378 e. The first kappa shape index (κ1) is 20.0. The first-order chi connectivity index (χ1) is 10.7. The molecule has 1 aliphatic rings. The van der Waals surface area contributed by atoms with E-state index >= 15 is 0 Å². The van der Waals surface area contributed by atoms with E-state index in [9.17, 15) is 0 Å². The van der Waals surface area contributed by atoms with Crippen molar-refractivity contribution in [1.82, 2.24) is 10.6 Å². The molecule has 2 rings (SSSR count). The number of benzene rings is 1. The fourth-order valence-corrected chi connectivity index (χ4v) is 2.47. The highest BCUT2D eigenvalue weighted by Crippen LogP contribution is 2.21. The van der Waals surface area contributed by atoms with Crippen molar-refractivity contribution in [2.75, 3.05) is 44.8 Å². The number of guanidine groups is 1. The second-order valence-electron chi connectivity index (χ2n) is 5.93. The zero-order valence-electron chi connectivity index (χ0n) is 14.3. The van der Waals surface area contributed by atoms with Gasteiger partial charge in [0.05, 0.1) is 13.2 Å². The number of nitrogens with zero attached hydrogens (tertiary/aromatic N) is 2. The Bertz CT molecular complexity index is 487.